The summed E-state index contributed by atoms with van der Waals surface area (Å²) in [5, 5.41) is 6.46. The number of nitrogens with zero attached hydrogens (tertiary/aromatic N) is 3. The number of carbonyl (C=O) groups is 2. The van der Waals surface area contributed by atoms with Gasteiger partial charge in [0.15, 0.2) is 5.78 Å². The number of carbonyl (C=O) groups excluding carboxylic acids is 2. The molecule has 0 aromatic carbocycles. The number of amides is 1. The highest BCUT2D eigenvalue weighted by Crippen LogP contribution is 2.45. The van der Waals surface area contributed by atoms with Gasteiger partial charge >= 0.3 is 0 Å². The number of fused-ring (bicyclic) bond motifs is 2. The SMILES string of the molecule is O=C(NCCN1CCOCC1)C1=CN2C3CCCCC3OC3C(NCCN4CCCC4)C(F)CC(C1=O)C32. The average Bonchev–Trinajstić information content (AvgIpc) is 3.45. The van der Waals surface area contributed by atoms with E-state index < -0.39 is 24.2 Å². The molecule has 3 saturated heterocycles. The molecule has 0 aromatic rings. The van der Waals surface area contributed by atoms with Crippen LogP contribution in [0.1, 0.15) is 44.9 Å². The quantitative estimate of drug-likeness (QED) is 0.441. The number of hydrogen-bond acceptors (Lipinski definition) is 8. The van der Waals surface area contributed by atoms with Gasteiger partial charge in [-0.1, -0.05) is 12.8 Å². The van der Waals surface area contributed by atoms with Crippen LogP contribution in [0.25, 0.3) is 0 Å². The molecule has 6 aliphatic rings. The van der Waals surface area contributed by atoms with Crippen molar-refractivity contribution in [3.63, 3.8) is 0 Å². The van der Waals surface area contributed by atoms with Gasteiger partial charge in [-0.25, -0.2) is 4.39 Å². The summed E-state index contributed by atoms with van der Waals surface area (Å²) in [5.74, 6) is -1.12. The molecule has 2 saturated carbocycles. The van der Waals surface area contributed by atoms with Crippen LogP contribution in [0.4, 0.5) is 4.39 Å². The molecule has 4 heterocycles. The molecule has 0 radical (unpaired) electrons. The van der Waals surface area contributed by atoms with Crippen LogP contribution in [0.2, 0.25) is 0 Å². The first-order valence-electron chi connectivity index (χ1n) is 15.0. The third-order valence-electron chi connectivity index (χ3n) is 9.65. The van der Waals surface area contributed by atoms with Crippen molar-refractivity contribution >= 4 is 11.7 Å². The zero-order chi connectivity index (χ0) is 26.1. The van der Waals surface area contributed by atoms with E-state index in [1.165, 1.54) is 12.8 Å². The molecule has 6 rings (SSSR count). The first kappa shape index (κ1) is 26.6. The van der Waals surface area contributed by atoms with E-state index in [0.29, 0.717) is 19.8 Å². The van der Waals surface area contributed by atoms with Crippen molar-refractivity contribution in [3.05, 3.63) is 11.8 Å². The molecule has 10 heteroatoms. The van der Waals surface area contributed by atoms with Gasteiger partial charge in [0.1, 0.15) is 6.17 Å². The Balaban J connectivity index is 1.17. The number of hydrogen-bond donors (Lipinski definition) is 2. The van der Waals surface area contributed by atoms with E-state index in [1.54, 1.807) is 0 Å². The van der Waals surface area contributed by atoms with Gasteiger partial charge in [-0.2, -0.15) is 0 Å². The van der Waals surface area contributed by atoms with Crippen LogP contribution in [0.5, 0.6) is 0 Å². The number of alkyl halides is 1. The van der Waals surface area contributed by atoms with E-state index in [-0.39, 0.29) is 41.9 Å². The second kappa shape index (κ2) is 11.9. The van der Waals surface area contributed by atoms with E-state index in [0.717, 1.165) is 71.5 Å². The topological polar surface area (TPSA) is 86.4 Å². The maximum absolute atomic E-state index is 15.8. The number of halogens is 1. The van der Waals surface area contributed by atoms with Gasteiger partial charge in [-0.15, -0.1) is 0 Å². The molecule has 7 unspecified atom stereocenters. The fourth-order valence-corrected chi connectivity index (χ4v) is 7.63. The number of likely N-dealkylation sites (tertiary alicyclic amines) is 1. The third-order valence-corrected chi connectivity index (χ3v) is 9.65. The van der Waals surface area contributed by atoms with Crippen molar-refractivity contribution in [3.8, 4) is 0 Å². The number of nitrogens with one attached hydrogen (secondary N) is 2. The monoisotopic (exact) mass is 533 g/mol. The summed E-state index contributed by atoms with van der Waals surface area (Å²) >= 11 is 0. The minimum atomic E-state index is -1.19. The first-order valence-corrected chi connectivity index (χ1v) is 15.0. The second-order valence-electron chi connectivity index (χ2n) is 11.9. The highest BCUT2D eigenvalue weighted by atomic mass is 19.1. The highest BCUT2D eigenvalue weighted by Gasteiger charge is 2.58. The Bertz CT molecular complexity index is 892. The molecule has 2 N–H and O–H groups in total. The lowest BCUT2D eigenvalue weighted by Crippen LogP contribution is -2.73. The summed E-state index contributed by atoms with van der Waals surface area (Å²) in [6, 6.07) is -0.518. The highest BCUT2D eigenvalue weighted by molar-refractivity contribution is 6.20. The van der Waals surface area contributed by atoms with E-state index in [2.05, 4.69) is 25.3 Å². The minimum Gasteiger partial charge on any atom is -0.379 e. The van der Waals surface area contributed by atoms with Gasteiger partial charge in [0.25, 0.3) is 5.91 Å². The van der Waals surface area contributed by atoms with Crippen molar-refractivity contribution in [2.45, 2.75) is 81.5 Å². The van der Waals surface area contributed by atoms with Gasteiger partial charge < -0.3 is 29.9 Å². The number of Topliss-reactive ketones (excluding diaryl/α,β-unsaturated/α-hetero) is 1. The van der Waals surface area contributed by atoms with Gasteiger partial charge in [0.2, 0.25) is 0 Å². The van der Waals surface area contributed by atoms with Crippen molar-refractivity contribution in [1.82, 2.24) is 25.3 Å². The fourth-order valence-electron chi connectivity index (χ4n) is 7.63. The Morgan fingerprint density at radius 1 is 1.00 bits per heavy atom. The Kier molecular flexibility index (Phi) is 8.32. The summed E-state index contributed by atoms with van der Waals surface area (Å²) in [6.07, 6.45) is 6.97. The standard InChI is InChI=1S/C28H44FN5O4/c29-21-17-19-25-27(24(21)30-7-11-32-9-3-4-10-32)38-23-6-2-1-5-22(23)34(25)18-20(26(19)35)28(36)31-8-12-33-13-15-37-16-14-33/h18-19,21-25,27,30H,1-17H2,(H,31,36). The zero-order valence-corrected chi connectivity index (χ0v) is 22.5. The van der Waals surface area contributed by atoms with Crippen molar-refractivity contribution < 1.29 is 23.5 Å². The summed E-state index contributed by atoms with van der Waals surface area (Å²) in [6.45, 7) is 8.18. The molecule has 212 valence electrons. The lowest BCUT2D eigenvalue weighted by Gasteiger charge is -2.59. The number of ether oxygens (including phenoxy) is 2. The van der Waals surface area contributed by atoms with Gasteiger partial charge in [0, 0.05) is 51.4 Å². The molecule has 0 aromatic heterocycles. The molecule has 4 aliphatic heterocycles. The van der Waals surface area contributed by atoms with Crippen molar-refractivity contribution in [2.75, 3.05) is 65.6 Å². The average molecular weight is 534 g/mol. The summed E-state index contributed by atoms with van der Waals surface area (Å²) in [5.41, 5.74) is 0.186. The Hall–Kier alpha value is -1.59. The number of morpholine rings is 2. The maximum atomic E-state index is 15.8. The van der Waals surface area contributed by atoms with Crippen LogP contribution in [0.15, 0.2) is 11.8 Å². The van der Waals surface area contributed by atoms with E-state index in [9.17, 15) is 9.59 Å². The van der Waals surface area contributed by atoms with E-state index in [4.69, 9.17) is 9.47 Å². The van der Waals surface area contributed by atoms with Gasteiger partial charge in [-0.05, 0) is 45.2 Å². The lowest BCUT2D eigenvalue weighted by atomic mass is 9.69. The molecule has 7 atom stereocenters. The van der Waals surface area contributed by atoms with Crippen LogP contribution < -0.4 is 10.6 Å². The fraction of sp³-hybridized carbons (Fsp3) is 0.857. The predicted molar refractivity (Wildman–Crippen MR) is 140 cm³/mol. The Labute approximate surface area is 225 Å². The lowest BCUT2D eigenvalue weighted by molar-refractivity contribution is -0.197. The maximum Gasteiger partial charge on any atom is 0.256 e. The summed E-state index contributed by atoms with van der Waals surface area (Å²) < 4.78 is 27.8. The first-order chi connectivity index (χ1) is 18.6. The number of ketones is 1. The number of rotatable bonds is 8. The molecule has 5 fully saturated rings. The predicted octanol–water partition coefficient (Wildman–Crippen LogP) is 0.694. The normalized spacial score (nSPS) is 37.9. The van der Waals surface area contributed by atoms with Gasteiger partial charge in [-0.3, -0.25) is 14.5 Å². The molecular weight excluding hydrogens is 489 g/mol. The van der Waals surface area contributed by atoms with E-state index >= 15 is 4.39 Å². The molecular formula is C28H44FN5O4. The molecule has 0 spiro atoms. The molecule has 9 nitrogen and oxygen atoms in total. The smallest absolute Gasteiger partial charge is 0.256 e. The van der Waals surface area contributed by atoms with Crippen LogP contribution in [0.3, 0.4) is 0 Å². The molecule has 2 aliphatic carbocycles. The van der Waals surface area contributed by atoms with Crippen LogP contribution in [0, 0.1) is 5.92 Å². The van der Waals surface area contributed by atoms with Crippen molar-refractivity contribution in [2.24, 2.45) is 5.92 Å². The van der Waals surface area contributed by atoms with Crippen LogP contribution >= 0.6 is 0 Å². The molecule has 1 amide bonds. The zero-order valence-electron chi connectivity index (χ0n) is 22.5. The van der Waals surface area contributed by atoms with Gasteiger partial charge in [0.05, 0.1) is 49.1 Å². The van der Waals surface area contributed by atoms with Crippen molar-refractivity contribution in [1.29, 1.82) is 0 Å². The summed E-state index contributed by atoms with van der Waals surface area (Å²) in [7, 11) is 0. The second-order valence-corrected chi connectivity index (χ2v) is 11.9. The van der Waals surface area contributed by atoms with E-state index in [1.807, 2.05) is 6.20 Å². The molecule has 38 heavy (non-hydrogen) atoms. The summed E-state index contributed by atoms with van der Waals surface area (Å²) in [4.78, 5) is 33.8. The third kappa shape index (κ3) is 5.39. The Morgan fingerprint density at radius 3 is 2.55 bits per heavy atom. The molecule has 0 bridgehead atoms. The minimum absolute atomic E-state index is 0.00826. The van der Waals surface area contributed by atoms with Crippen LogP contribution in [-0.4, -0.2) is 128 Å². The Morgan fingerprint density at radius 2 is 1.74 bits per heavy atom. The van der Waals surface area contributed by atoms with Crippen LogP contribution in [-0.2, 0) is 19.1 Å². The largest absolute Gasteiger partial charge is 0.379 e.